The molecule has 0 atom stereocenters. The molecule has 0 amide bonds. The molecular weight excluding hydrogens is 578 g/mol. The van der Waals surface area contributed by atoms with Crippen LogP contribution in [-0.4, -0.2) is 6.71 Å². The van der Waals surface area contributed by atoms with Gasteiger partial charge in [0.05, 0.1) is 0 Å². The number of anilines is 6. The van der Waals surface area contributed by atoms with Crippen molar-refractivity contribution in [3.63, 3.8) is 0 Å². The smallest absolute Gasteiger partial charge is 0.252 e. The van der Waals surface area contributed by atoms with Gasteiger partial charge in [0.2, 0.25) is 0 Å². The van der Waals surface area contributed by atoms with Gasteiger partial charge in [-0.1, -0.05) is 89.0 Å². The molecule has 2 nitrogen and oxygen atoms in total. The molecule has 0 saturated carbocycles. The fourth-order valence-corrected chi connectivity index (χ4v) is 7.05. The molecule has 5 heteroatoms. The van der Waals surface area contributed by atoms with E-state index < -0.39 is 0 Å². The van der Waals surface area contributed by atoms with Crippen LogP contribution in [0.3, 0.4) is 0 Å². The Morgan fingerprint density at radius 2 is 0.886 bits per heavy atom. The highest BCUT2D eigenvalue weighted by Crippen LogP contribution is 2.46. The highest BCUT2D eigenvalue weighted by atomic mass is 35.5. The van der Waals surface area contributed by atoms with E-state index in [2.05, 4.69) is 131 Å². The molecule has 220 valence electrons. The van der Waals surface area contributed by atoms with E-state index in [4.69, 9.17) is 23.2 Å². The first kappa shape index (κ1) is 29.1. The average molecular weight is 615 g/mol. The molecular formula is C39H37BCl2N2. The first-order valence-electron chi connectivity index (χ1n) is 15.4. The van der Waals surface area contributed by atoms with E-state index in [1.54, 1.807) is 0 Å². The van der Waals surface area contributed by atoms with Crippen molar-refractivity contribution in [2.75, 3.05) is 9.80 Å². The Bertz CT molecular complexity index is 1780. The molecule has 2 heterocycles. The lowest BCUT2D eigenvalue weighted by molar-refractivity contribution is 0.590. The number of hydrogen-bond donors (Lipinski definition) is 0. The Morgan fingerprint density at radius 1 is 0.500 bits per heavy atom. The lowest BCUT2D eigenvalue weighted by atomic mass is 9.33. The Kier molecular flexibility index (Phi) is 6.73. The summed E-state index contributed by atoms with van der Waals surface area (Å²) in [7, 11) is 0. The van der Waals surface area contributed by atoms with E-state index in [-0.39, 0.29) is 17.5 Å². The van der Waals surface area contributed by atoms with Gasteiger partial charge in [0.25, 0.3) is 6.71 Å². The summed E-state index contributed by atoms with van der Waals surface area (Å²) in [5, 5.41) is 1.46. The van der Waals surface area contributed by atoms with E-state index >= 15 is 0 Å². The van der Waals surface area contributed by atoms with E-state index in [1.165, 1.54) is 55.8 Å². The second-order valence-electron chi connectivity index (χ2n) is 14.3. The van der Waals surface area contributed by atoms with Crippen molar-refractivity contribution < 1.29 is 0 Å². The molecule has 0 saturated heterocycles. The van der Waals surface area contributed by atoms with Crippen LogP contribution in [0.2, 0.25) is 10.0 Å². The van der Waals surface area contributed by atoms with Crippen LogP contribution < -0.4 is 26.2 Å². The number of hydrogen-bond acceptors (Lipinski definition) is 2. The fourth-order valence-electron chi connectivity index (χ4n) is 6.80. The maximum atomic E-state index is 6.41. The van der Waals surface area contributed by atoms with Gasteiger partial charge in [0, 0.05) is 44.2 Å². The summed E-state index contributed by atoms with van der Waals surface area (Å²) >= 11 is 12.8. The Morgan fingerprint density at radius 3 is 1.25 bits per heavy atom. The first-order chi connectivity index (χ1) is 20.8. The zero-order valence-corrected chi connectivity index (χ0v) is 28.0. The van der Waals surface area contributed by atoms with Crippen LogP contribution in [0.25, 0.3) is 0 Å². The highest BCUT2D eigenvalue weighted by molar-refractivity contribution is 7.00. The number of aryl methyl sites for hydroxylation is 1. The van der Waals surface area contributed by atoms with Crippen LogP contribution in [0.5, 0.6) is 0 Å². The van der Waals surface area contributed by atoms with E-state index in [0.29, 0.717) is 0 Å². The predicted octanol–water partition coefficient (Wildman–Crippen LogP) is 9.98. The van der Waals surface area contributed by atoms with Crippen molar-refractivity contribution >= 4 is 80.4 Å². The van der Waals surface area contributed by atoms with Crippen molar-refractivity contribution in [2.24, 2.45) is 0 Å². The summed E-state index contributed by atoms with van der Waals surface area (Å²) in [4.78, 5) is 4.88. The molecule has 0 aliphatic carbocycles. The molecule has 0 radical (unpaired) electrons. The Balaban J connectivity index is 1.59. The second-order valence-corrected chi connectivity index (χ2v) is 15.2. The predicted molar refractivity (Wildman–Crippen MR) is 193 cm³/mol. The van der Waals surface area contributed by atoms with Gasteiger partial charge < -0.3 is 9.80 Å². The third kappa shape index (κ3) is 4.73. The minimum absolute atomic E-state index is 0.0101. The quantitative estimate of drug-likeness (QED) is 0.179. The van der Waals surface area contributed by atoms with Crippen molar-refractivity contribution in [1.82, 2.24) is 0 Å². The maximum Gasteiger partial charge on any atom is 0.252 e. The second kappa shape index (κ2) is 10.2. The third-order valence-electron chi connectivity index (χ3n) is 9.12. The Labute approximate surface area is 272 Å². The van der Waals surface area contributed by atoms with Crippen molar-refractivity contribution in [3.8, 4) is 0 Å². The fraction of sp³-hybridized carbons (Fsp3) is 0.231. The van der Waals surface area contributed by atoms with E-state index in [0.717, 1.165) is 21.4 Å². The summed E-state index contributed by atoms with van der Waals surface area (Å²) in [5.41, 5.74) is 14.8. The van der Waals surface area contributed by atoms with Gasteiger partial charge in [-0.25, -0.2) is 0 Å². The molecule has 0 N–H and O–H groups in total. The number of halogens is 2. The van der Waals surface area contributed by atoms with Gasteiger partial charge in [-0.15, -0.1) is 0 Å². The molecule has 5 aromatic rings. The average Bonchev–Trinajstić information content (AvgIpc) is 2.96. The topological polar surface area (TPSA) is 6.48 Å². The monoisotopic (exact) mass is 614 g/mol. The normalized spacial score (nSPS) is 13.9. The number of rotatable bonds is 2. The first-order valence-corrected chi connectivity index (χ1v) is 16.1. The van der Waals surface area contributed by atoms with Crippen LogP contribution in [-0.2, 0) is 10.8 Å². The summed E-state index contributed by atoms with van der Waals surface area (Å²) in [6.45, 7) is 16.0. The van der Waals surface area contributed by atoms with Crippen LogP contribution in [0, 0.1) is 6.92 Å². The summed E-state index contributed by atoms with van der Waals surface area (Å²) in [5.74, 6) is 0. The number of fused-ring (bicyclic) bond motifs is 4. The third-order valence-corrected chi connectivity index (χ3v) is 9.62. The highest BCUT2D eigenvalue weighted by Gasteiger charge is 2.44. The SMILES string of the molecule is Cc1cc2c3c(c1)N(c1ccc(Cl)cc1)c1cc(C(C)(C)C)ccc1B3c1ccc(C(C)(C)C)cc1N2c1ccc(Cl)cc1. The van der Waals surface area contributed by atoms with Gasteiger partial charge >= 0.3 is 0 Å². The molecule has 44 heavy (non-hydrogen) atoms. The van der Waals surface area contributed by atoms with E-state index in [1.807, 2.05) is 24.3 Å². The summed E-state index contributed by atoms with van der Waals surface area (Å²) < 4.78 is 0. The van der Waals surface area contributed by atoms with Gasteiger partial charge in [-0.3, -0.25) is 0 Å². The minimum Gasteiger partial charge on any atom is -0.311 e. The Hall–Kier alpha value is -3.66. The zero-order valence-electron chi connectivity index (χ0n) is 26.5. The number of benzene rings is 5. The van der Waals surface area contributed by atoms with Crippen LogP contribution in [0.15, 0.2) is 97.1 Å². The van der Waals surface area contributed by atoms with Gasteiger partial charge in [-0.2, -0.15) is 0 Å². The molecule has 2 aliphatic rings. The molecule has 7 rings (SSSR count). The van der Waals surface area contributed by atoms with Crippen LogP contribution in [0.4, 0.5) is 34.1 Å². The van der Waals surface area contributed by atoms with Gasteiger partial charge in [0.1, 0.15) is 0 Å². The lowest BCUT2D eigenvalue weighted by Gasteiger charge is -2.45. The number of nitrogens with zero attached hydrogens (tertiary/aromatic N) is 2. The molecule has 0 fully saturated rings. The zero-order chi connectivity index (χ0) is 31.1. The standard InChI is InChI=1S/C39H37BCl2N2/c1-24-20-35-37-36(21-24)44(30-16-12-28(42)13-17-30)34-23-26(39(5,6)7)9-19-32(34)40(37)31-18-8-25(38(2,3)4)22-33(31)43(35)29-14-10-27(41)11-15-29/h8-23H,1-7H3. The van der Waals surface area contributed by atoms with E-state index in [9.17, 15) is 0 Å². The van der Waals surface area contributed by atoms with Crippen molar-refractivity contribution in [2.45, 2.75) is 59.3 Å². The van der Waals surface area contributed by atoms with Crippen LogP contribution in [0.1, 0.15) is 58.2 Å². The minimum atomic E-state index is 0.0101. The molecule has 2 aliphatic heterocycles. The van der Waals surface area contributed by atoms with Crippen molar-refractivity contribution in [3.05, 3.63) is 124 Å². The van der Waals surface area contributed by atoms with Gasteiger partial charge in [0.15, 0.2) is 0 Å². The van der Waals surface area contributed by atoms with Crippen molar-refractivity contribution in [1.29, 1.82) is 0 Å². The van der Waals surface area contributed by atoms with Gasteiger partial charge in [-0.05, 0) is 124 Å². The summed E-state index contributed by atoms with van der Waals surface area (Å²) in [6.07, 6.45) is 0. The lowest BCUT2D eigenvalue weighted by Crippen LogP contribution is -2.61. The largest absolute Gasteiger partial charge is 0.311 e. The molecule has 0 spiro atoms. The summed E-state index contributed by atoms with van der Waals surface area (Å²) in [6, 6.07) is 35.4. The molecule has 5 aromatic carbocycles. The molecule has 0 aromatic heterocycles. The molecule has 0 unspecified atom stereocenters. The molecule has 0 bridgehead atoms. The maximum absolute atomic E-state index is 6.41. The van der Waals surface area contributed by atoms with Crippen LogP contribution >= 0.6 is 23.2 Å².